The number of hydrogen-bond donors (Lipinski definition) is 5. The van der Waals surface area contributed by atoms with Gasteiger partial charge in [-0.15, -0.1) is 0 Å². The van der Waals surface area contributed by atoms with Gasteiger partial charge in [-0.1, -0.05) is 0 Å². The molecule has 0 fully saturated rings. The Morgan fingerprint density at radius 3 is 2.42 bits per heavy atom. The number of nitrogens with one attached hydrogen (secondary N) is 2. The second-order valence-corrected chi connectivity index (χ2v) is 9.49. The Morgan fingerprint density at radius 1 is 1.11 bits per heavy atom. The highest BCUT2D eigenvalue weighted by atomic mass is 16.6. The number of nitrogen functional groups attached to an aromatic ring is 2. The number of ether oxygens (including phenoxy) is 1. The van der Waals surface area contributed by atoms with Crippen molar-refractivity contribution in [2.45, 2.75) is 45.4 Å². The van der Waals surface area contributed by atoms with Crippen LogP contribution in [0.25, 0.3) is 11.2 Å². The van der Waals surface area contributed by atoms with Gasteiger partial charge in [-0.2, -0.15) is 9.97 Å². The van der Waals surface area contributed by atoms with Gasteiger partial charge >= 0.3 is 12.1 Å². The van der Waals surface area contributed by atoms with Crippen molar-refractivity contribution >= 4 is 46.6 Å². The number of alkyl carbamates (subject to hydrolysis) is 1. The highest BCUT2D eigenvalue weighted by molar-refractivity contribution is 5.96. The molecular weight excluding hydrogens is 494 g/mol. The Labute approximate surface area is 218 Å². The Balaban J connectivity index is 1.58. The highest BCUT2D eigenvalue weighted by Crippen LogP contribution is 2.19. The van der Waals surface area contributed by atoms with Gasteiger partial charge in [0.15, 0.2) is 17.0 Å². The van der Waals surface area contributed by atoms with E-state index in [4.69, 9.17) is 16.2 Å². The number of benzene rings is 1. The molecule has 3 rings (SSSR count). The zero-order chi connectivity index (χ0) is 28.0. The first-order chi connectivity index (χ1) is 17.8. The molecule has 0 radical (unpaired) electrons. The molecule has 1 unspecified atom stereocenters. The van der Waals surface area contributed by atoms with Crippen LogP contribution >= 0.6 is 0 Å². The number of fused-ring (bicyclic) bond motifs is 1. The van der Waals surface area contributed by atoms with Gasteiger partial charge in [0, 0.05) is 24.8 Å². The Morgan fingerprint density at radius 2 is 1.79 bits per heavy atom. The third-order valence-electron chi connectivity index (χ3n) is 5.18. The third kappa shape index (κ3) is 7.62. The predicted octanol–water partition coefficient (Wildman–Crippen LogP) is 1.32. The SMILES string of the molecule is CN(Cc1cnc2nc(N)nc(N)c2n1)c1ccc(C(=O)NC(CCNC(=O)OC(C)(C)C)C(=O)O)cc1. The van der Waals surface area contributed by atoms with Gasteiger partial charge < -0.3 is 36.8 Å². The fourth-order valence-electron chi connectivity index (χ4n) is 3.39. The van der Waals surface area contributed by atoms with E-state index in [0.717, 1.165) is 5.69 Å². The highest BCUT2D eigenvalue weighted by Gasteiger charge is 2.22. The summed E-state index contributed by atoms with van der Waals surface area (Å²) in [5.74, 6) is -1.62. The molecule has 0 bridgehead atoms. The first-order valence-electron chi connectivity index (χ1n) is 11.7. The van der Waals surface area contributed by atoms with E-state index in [1.54, 1.807) is 51.2 Å². The summed E-state index contributed by atoms with van der Waals surface area (Å²) < 4.78 is 5.11. The molecule has 0 saturated carbocycles. The first kappa shape index (κ1) is 27.8. The monoisotopic (exact) mass is 525 g/mol. The number of nitrogens with zero attached hydrogens (tertiary/aromatic N) is 5. The van der Waals surface area contributed by atoms with Gasteiger partial charge in [0.1, 0.15) is 11.6 Å². The van der Waals surface area contributed by atoms with Crippen LogP contribution in [0.15, 0.2) is 30.5 Å². The number of carboxylic acid groups (broad SMARTS) is 1. The lowest BCUT2D eigenvalue weighted by Crippen LogP contribution is -2.43. The van der Waals surface area contributed by atoms with Crippen molar-refractivity contribution in [1.82, 2.24) is 30.6 Å². The summed E-state index contributed by atoms with van der Waals surface area (Å²) in [6.07, 6.45) is 0.885. The summed E-state index contributed by atoms with van der Waals surface area (Å²) in [4.78, 5) is 54.5. The summed E-state index contributed by atoms with van der Waals surface area (Å²) in [5, 5.41) is 14.4. The third-order valence-corrected chi connectivity index (χ3v) is 5.18. The number of aromatic nitrogens is 4. The van der Waals surface area contributed by atoms with Crippen molar-refractivity contribution in [3.63, 3.8) is 0 Å². The summed E-state index contributed by atoms with van der Waals surface area (Å²) in [7, 11) is 1.84. The molecule has 2 amide bonds. The lowest BCUT2D eigenvalue weighted by Gasteiger charge is -2.21. The smallest absolute Gasteiger partial charge is 0.407 e. The van der Waals surface area contributed by atoms with Crippen LogP contribution in [0, 0.1) is 0 Å². The molecule has 7 N–H and O–H groups in total. The lowest BCUT2D eigenvalue weighted by atomic mass is 10.1. The van der Waals surface area contributed by atoms with E-state index < -0.39 is 29.6 Å². The van der Waals surface area contributed by atoms with Crippen LogP contribution in [0.4, 0.5) is 22.2 Å². The van der Waals surface area contributed by atoms with Crippen LogP contribution in [0.5, 0.6) is 0 Å². The molecule has 0 spiro atoms. The summed E-state index contributed by atoms with van der Waals surface area (Å²) in [5.41, 5.74) is 13.1. The lowest BCUT2D eigenvalue weighted by molar-refractivity contribution is -0.139. The number of hydrogen-bond acceptors (Lipinski definition) is 11. The zero-order valence-electron chi connectivity index (χ0n) is 21.6. The van der Waals surface area contributed by atoms with Gasteiger partial charge in [-0.3, -0.25) is 4.79 Å². The minimum absolute atomic E-state index is 0.0126. The second kappa shape index (κ2) is 11.5. The van der Waals surface area contributed by atoms with Crippen molar-refractivity contribution in [3.8, 4) is 0 Å². The maximum absolute atomic E-state index is 12.6. The van der Waals surface area contributed by atoms with Crippen molar-refractivity contribution < 1.29 is 24.2 Å². The molecular formula is C24H31N9O5. The molecule has 14 nitrogen and oxygen atoms in total. The van der Waals surface area contributed by atoms with E-state index in [9.17, 15) is 19.5 Å². The maximum Gasteiger partial charge on any atom is 0.407 e. The molecule has 1 atom stereocenters. The second-order valence-electron chi connectivity index (χ2n) is 9.49. The van der Waals surface area contributed by atoms with Crippen molar-refractivity contribution in [3.05, 3.63) is 41.7 Å². The molecule has 2 aromatic heterocycles. The van der Waals surface area contributed by atoms with Crippen LogP contribution in [-0.2, 0) is 16.1 Å². The molecule has 1 aromatic carbocycles. The van der Waals surface area contributed by atoms with E-state index in [1.807, 2.05) is 11.9 Å². The zero-order valence-corrected chi connectivity index (χ0v) is 21.6. The number of amides is 2. The topological polar surface area (TPSA) is 212 Å². The number of anilines is 3. The number of aliphatic carboxylic acids is 1. The van der Waals surface area contributed by atoms with Crippen molar-refractivity contribution in [2.75, 3.05) is 30.0 Å². The standard InChI is InChI=1S/C24H31N9O5/c1-24(2,3)38-23(37)27-10-9-16(21(35)36)30-20(34)13-5-7-15(8-6-13)33(4)12-14-11-28-19-17(29-14)18(25)31-22(26)32-19/h5-8,11,16H,9-10,12H2,1-4H3,(H,27,37)(H,30,34)(H,35,36)(H4,25,26,28,31,32). The fraction of sp³-hybridized carbons (Fsp3) is 0.375. The summed E-state index contributed by atoms with van der Waals surface area (Å²) in [6.45, 7) is 5.55. The average Bonchev–Trinajstić information content (AvgIpc) is 2.82. The van der Waals surface area contributed by atoms with Gasteiger partial charge in [0.2, 0.25) is 5.95 Å². The van der Waals surface area contributed by atoms with Gasteiger partial charge in [0.25, 0.3) is 5.91 Å². The normalized spacial score (nSPS) is 12.0. The van der Waals surface area contributed by atoms with E-state index in [0.29, 0.717) is 23.4 Å². The van der Waals surface area contributed by atoms with Crippen LogP contribution in [-0.4, -0.2) is 68.2 Å². The minimum atomic E-state index is -1.22. The largest absolute Gasteiger partial charge is 0.480 e. The number of nitrogens with two attached hydrogens (primary N) is 2. The van der Waals surface area contributed by atoms with Crippen molar-refractivity contribution in [1.29, 1.82) is 0 Å². The van der Waals surface area contributed by atoms with Gasteiger partial charge in [0.05, 0.1) is 18.4 Å². The van der Waals surface area contributed by atoms with Gasteiger partial charge in [-0.05, 0) is 51.5 Å². The molecule has 3 aromatic rings. The summed E-state index contributed by atoms with van der Waals surface area (Å²) in [6, 6.07) is 5.42. The molecule has 0 saturated heterocycles. The summed E-state index contributed by atoms with van der Waals surface area (Å²) >= 11 is 0. The Hall–Kier alpha value is -4.75. The van der Waals surface area contributed by atoms with Crippen LogP contribution < -0.4 is 27.0 Å². The Kier molecular flexibility index (Phi) is 8.45. The first-order valence-corrected chi connectivity index (χ1v) is 11.7. The van der Waals surface area contributed by atoms with Gasteiger partial charge in [-0.25, -0.2) is 19.6 Å². The van der Waals surface area contributed by atoms with Crippen LogP contribution in [0.3, 0.4) is 0 Å². The molecule has 38 heavy (non-hydrogen) atoms. The quantitative estimate of drug-likeness (QED) is 0.268. The molecule has 0 aliphatic rings. The molecule has 14 heteroatoms. The minimum Gasteiger partial charge on any atom is -0.480 e. The fourth-order valence-corrected chi connectivity index (χ4v) is 3.39. The van der Waals surface area contributed by atoms with E-state index in [1.165, 1.54) is 0 Å². The van der Waals surface area contributed by atoms with E-state index >= 15 is 0 Å². The number of carboxylic acids is 1. The van der Waals surface area contributed by atoms with Crippen LogP contribution in [0.1, 0.15) is 43.2 Å². The molecule has 2 heterocycles. The average molecular weight is 526 g/mol. The van der Waals surface area contributed by atoms with E-state index in [2.05, 4.69) is 30.6 Å². The molecule has 202 valence electrons. The maximum atomic E-state index is 12.6. The van der Waals surface area contributed by atoms with Crippen molar-refractivity contribution in [2.24, 2.45) is 0 Å². The number of carbonyl (C=O) groups is 3. The number of rotatable bonds is 9. The molecule has 0 aliphatic heterocycles. The number of carbonyl (C=O) groups excluding carboxylic acids is 2. The Bertz CT molecular complexity index is 1330. The predicted molar refractivity (Wildman–Crippen MR) is 140 cm³/mol. The van der Waals surface area contributed by atoms with E-state index in [-0.39, 0.29) is 30.3 Å². The molecule has 0 aliphatic carbocycles. The van der Waals surface area contributed by atoms with Crippen LogP contribution in [0.2, 0.25) is 0 Å².